The maximum Gasteiger partial charge on any atom is 0.321 e. The summed E-state index contributed by atoms with van der Waals surface area (Å²) >= 11 is 11.5. The molecule has 8 heteroatoms. The van der Waals surface area contributed by atoms with Crippen LogP contribution in [-0.4, -0.2) is 27.0 Å². The third-order valence-electron chi connectivity index (χ3n) is 1.96. The molecule has 0 saturated heterocycles. The Labute approximate surface area is 121 Å². The van der Waals surface area contributed by atoms with Crippen molar-refractivity contribution < 1.29 is 17.9 Å². The molecule has 0 aliphatic carbocycles. The van der Waals surface area contributed by atoms with Crippen LogP contribution < -0.4 is 4.72 Å². The van der Waals surface area contributed by atoms with E-state index in [1.807, 2.05) is 0 Å². The Hall–Kier alpha value is -0.820. The van der Waals surface area contributed by atoms with Crippen LogP contribution in [0.1, 0.15) is 13.8 Å². The topological polar surface area (TPSA) is 72.5 Å². The molecule has 0 aliphatic heterocycles. The first-order valence-corrected chi connectivity index (χ1v) is 7.60. The van der Waals surface area contributed by atoms with Gasteiger partial charge in [-0.05, 0) is 32.0 Å². The zero-order valence-electron chi connectivity index (χ0n) is 10.3. The van der Waals surface area contributed by atoms with Gasteiger partial charge >= 0.3 is 5.97 Å². The Morgan fingerprint density at radius 1 is 1.37 bits per heavy atom. The van der Waals surface area contributed by atoms with Gasteiger partial charge in [0.15, 0.2) is 0 Å². The van der Waals surface area contributed by atoms with E-state index in [0.717, 1.165) is 0 Å². The smallest absolute Gasteiger partial charge is 0.321 e. The van der Waals surface area contributed by atoms with Crippen molar-refractivity contribution in [2.45, 2.75) is 24.8 Å². The van der Waals surface area contributed by atoms with Gasteiger partial charge in [0.2, 0.25) is 10.0 Å². The molecule has 0 aromatic heterocycles. The van der Waals surface area contributed by atoms with E-state index < -0.39 is 22.5 Å². The van der Waals surface area contributed by atoms with Gasteiger partial charge in [0, 0.05) is 5.02 Å². The number of esters is 1. The molecule has 0 heterocycles. The number of nitrogens with one attached hydrogen (secondary N) is 1. The van der Waals surface area contributed by atoms with Crippen LogP contribution in [0.2, 0.25) is 10.0 Å². The molecule has 0 fully saturated rings. The molecular formula is C11H13Cl2NO4S. The fourth-order valence-electron chi connectivity index (χ4n) is 1.23. The van der Waals surface area contributed by atoms with Crippen LogP contribution in [0, 0.1) is 0 Å². The lowest BCUT2D eigenvalue weighted by Crippen LogP contribution is -2.31. The summed E-state index contributed by atoms with van der Waals surface area (Å²) in [6.45, 7) is 2.88. The zero-order valence-corrected chi connectivity index (χ0v) is 12.6. The van der Waals surface area contributed by atoms with Crippen molar-refractivity contribution >= 4 is 39.2 Å². The number of rotatable bonds is 5. The van der Waals surface area contributed by atoms with E-state index >= 15 is 0 Å². The molecule has 1 aromatic rings. The van der Waals surface area contributed by atoms with E-state index in [4.69, 9.17) is 27.9 Å². The predicted octanol–water partition coefficient (Wildman–Crippen LogP) is 2.22. The second-order valence-electron chi connectivity index (χ2n) is 3.94. The van der Waals surface area contributed by atoms with Crippen molar-refractivity contribution in [1.82, 2.24) is 4.72 Å². The van der Waals surface area contributed by atoms with E-state index in [1.54, 1.807) is 13.8 Å². The van der Waals surface area contributed by atoms with Gasteiger partial charge in [0.25, 0.3) is 0 Å². The molecule has 1 aromatic carbocycles. The maximum atomic E-state index is 11.9. The number of hydrogen-bond acceptors (Lipinski definition) is 4. The van der Waals surface area contributed by atoms with Gasteiger partial charge in [-0.3, -0.25) is 4.79 Å². The lowest BCUT2D eigenvalue weighted by atomic mass is 10.4. The SMILES string of the molecule is CC(C)OC(=O)CNS(=O)(=O)c1ccc(Cl)cc1Cl. The Balaban J connectivity index is 2.79. The van der Waals surface area contributed by atoms with Crippen molar-refractivity contribution in [3.8, 4) is 0 Å². The van der Waals surface area contributed by atoms with Crippen LogP contribution in [0.5, 0.6) is 0 Å². The van der Waals surface area contributed by atoms with Crippen LogP contribution in [0.25, 0.3) is 0 Å². The molecule has 0 atom stereocenters. The Kier molecular flexibility index (Phi) is 5.61. The summed E-state index contributed by atoms with van der Waals surface area (Å²) in [7, 11) is -3.88. The summed E-state index contributed by atoms with van der Waals surface area (Å²) in [6.07, 6.45) is -0.309. The first kappa shape index (κ1) is 16.2. The lowest BCUT2D eigenvalue weighted by molar-refractivity contribution is -0.145. The third-order valence-corrected chi connectivity index (χ3v) is 4.08. The summed E-state index contributed by atoms with van der Waals surface area (Å²) < 4.78 is 30.7. The summed E-state index contributed by atoms with van der Waals surface area (Å²) in [5.41, 5.74) is 0. The molecule has 0 unspecified atom stereocenters. The normalized spacial score (nSPS) is 11.6. The van der Waals surface area contributed by atoms with Crippen molar-refractivity contribution in [2.24, 2.45) is 0 Å². The van der Waals surface area contributed by atoms with Gasteiger partial charge < -0.3 is 4.74 Å². The number of carbonyl (C=O) groups excluding carboxylic acids is 1. The minimum atomic E-state index is -3.88. The molecule has 19 heavy (non-hydrogen) atoms. The van der Waals surface area contributed by atoms with Crippen LogP contribution >= 0.6 is 23.2 Å². The molecule has 0 saturated carbocycles. The minimum absolute atomic E-state index is 0.0165. The summed E-state index contributed by atoms with van der Waals surface area (Å²) in [5, 5.41) is 0.306. The van der Waals surface area contributed by atoms with Crippen molar-refractivity contribution in [1.29, 1.82) is 0 Å². The molecule has 106 valence electrons. The molecule has 0 bridgehead atoms. The van der Waals surface area contributed by atoms with Crippen LogP contribution in [0.4, 0.5) is 0 Å². The third kappa shape index (κ3) is 4.99. The van der Waals surface area contributed by atoms with Crippen molar-refractivity contribution in [3.63, 3.8) is 0 Å². The summed E-state index contributed by atoms with van der Waals surface area (Å²) in [5.74, 6) is -0.663. The predicted molar refractivity (Wildman–Crippen MR) is 72.9 cm³/mol. The number of ether oxygens (including phenoxy) is 1. The highest BCUT2D eigenvalue weighted by atomic mass is 35.5. The number of benzene rings is 1. The van der Waals surface area contributed by atoms with E-state index in [0.29, 0.717) is 5.02 Å². The fourth-order valence-corrected chi connectivity index (χ4v) is 2.97. The second kappa shape index (κ2) is 6.56. The first-order chi connectivity index (χ1) is 8.72. The molecule has 1 rings (SSSR count). The van der Waals surface area contributed by atoms with Gasteiger partial charge in [-0.2, -0.15) is 4.72 Å². The largest absolute Gasteiger partial charge is 0.462 e. The quantitative estimate of drug-likeness (QED) is 0.842. The monoisotopic (exact) mass is 325 g/mol. The van der Waals surface area contributed by atoms with Gasteiger partial charge in [-0.15, -0.1) is 0 Å². The van der Waals surface area contributed by atoms with Crippen LogP contribution in [0.15, 0.2) is 23.1 Å². The molecule has 5 nitrogen and oxygen atoms in total. The molecule has 0 spiro atoms. The van der Waals surface area contributed by atoms with Crippen LogP contribution in [0.3, 0.4) is 0 Å². The van der Waals surface area contributed by atoms with Gasteiger partial charge in [0.1, 0.15) is 11.4 Å². The van der Waals surface area contributed by atoms with E-state index in [2.05, 4.69) is 4.72 Å². The van der Waals surface area contributed by atoms with Gasteiger partial charge in [-0.25, -0.2) is 8.42 Å². The minimum Gasteiger partial charge on any atom is -0.462 e. The number of sulfonamides is 1. The fraction of sp³-hybridized carbons (Fsp3) is 0.364. The number of carbonyl (C=O) groups is 1. The van der Waals surface area contributed by atoms with E-state index in [-0.39, 0.29) is 16.0 Å². The van der Waals surface area contributed by atoms with E-state index in [1.165, 1.54) is 18.2 Å². The molecule has 0 radical (unpaired) electrons. The lowest BCUT2D eigenvalue weighted by Gasteiger charge is -2.10. The highest BCUT2D eigenvalue weighted by Gasteiger charge is 2.19. The highest BCUT2D eigenvalue weighted by Crippen LogP contribution is 2.24. The summed E-state index contributed by atoms with van der Waals surface area (Å²) in [4.78, 5) is 11.1. The maximum absolute atomic E-state index is 11.9. The van der Waals surface area contributed by atoms with E-state index in [9.17, 15) is 13.2 Å². The van der Waals surface area contributed by atoms with Crippen LogP contribution in [-0.2, 0) is 19.6 Å². The first-order valence-electron chi connectivity index (χ1n) is 5.36. The molecular weight excluding hydrogens is 313 g/mol. The molecule has 0 aliphatic rings. The van der Waals surface area contributed by atoms with Crippen molar-refractivity contribution in [3.05, 3.63) is 28.2 Å². The van der Waals surface area contributed by atoms with Gasteiger partial charge in [0.05, 0.1) is 11.1 Å². The summed E-state index contributed by atoms with van der Waals surface area (Å²) in [6, 6.07) is 3.97. The Bertz CT molecular complexity index is 572. The number of halogens is 2. The average Bonchev–Trinajstić information content (AvgIpc) is 2.25. The molecule has 0 amide bonds. The standard InChI is InChI=1S/C11H13Cl2NO4S/c1-7(2)18-11(15)6-14-19(16,17)10-4-3-8(12)5-9(10)13/h3-5,7,14H,6H2,1-2H3. The second-order valence-corrected chi connectivity index (χ2v) is 6.52. The zero-order chi connectivity index (χ0) is 14.6. The Morgan fingerprint density at radius 3 is 2.53 bits per heavy atom. The molecule has 1 N–H and O–H groups in total. The van der Waals surface area contributed by atoms with Gasteiger partial charge in [-0.1, -0.05) is 23.2 Å². The highest BCUT2D eigenvalue weighted by molar-refractivity contribution is 7.89. The van der Waals surface area contributed by atoms with Crippen molar-refractivity contribution in [2.75, 3.05) is 6.54 Å². The average molecular weight is 326 g/mol. The number of hydrogen-bond donors (Lipinski definition) is 1. The Morgan fingerprint density at radius 2 is 2.00 bits per heavy atom.